The van der Waals surface area contributed by atoms with Gasteiger partial charge >= 0.3 is 0 Å². The first kappa shape index (κ1) is 26.3. The minimum atomic E-state index is 0.577. The molecular formula is C27H47N3. The molecule has 2 fully saturated rings. The predicted molar refractivity (Wildman–Crippen MR) is 133 cm³/mol. The Bertz CT molecular complexity index is 675. The average Bonchev–Trinajstić information content (AvgIpc) is 3.39. The third kappa shape index (κ3) is 6.91. The SMILES string of the molecule is CC.CC1=C2CCCC2=C(N2CCC(C)C2)N(C)C1C.CCN.Cc1ccccc1. The summed E-state index contributed by atoms with van der Waals surface area (Å²) in [5, 5.41) is 0. The van der Waals surface area contributed by atoms with Gasteiger partial charge in [0.2, 0.25) is 0 Å². The molecule has 1 aromatic carbocycles. The van der Waals surface area contributed by atoms with Gasteiger partial charge in [0.15, 0.2) is 0 Å². The molecule has 0 amide bonds. The van der Waals surface area contributed by atoms with E-state index in [9.17, 15) is 0 Å². The average molecular weight is 414 g/mol. The molecule has 0 aromatic heterocycles. The van der Waals surface area contributed by atoms with Gasteiger partial charge in [0.25, 0.3) is 0 Å². The van der Waals surface area contributed by atoms with E-state index in [1.807, 2.05) is 39.0 Å². The molecule has 0 bridgehead atoms. The summed E-state index contributed by atoms with van der Waals surface area (Å²) in [7, 11) is 2.29. The lowest BCUT2D eigenvalue weighted by Gasteiger charge is -2.41. The van der Waals surface area contributed by atoms with Crippen molar-refractivity contribution in [1.29, 1.82) is 0 Å². The Morgan fingerprint density at radius 1 is 1.00 bits per heavy atom. The molecule has 0 spiro atoms. The van der Waals surface area contributed by atoms with Crippen LogP contribution in [0.2, 0.25) is 0 Å². The van der Waals surface area contributed by atoms with Crippen LogP contribution in [0.25, 0.3) is 0 Å². The third-order valence-electron chi connectivity index (χ3n) is 6.17. The molecule has 1 saturated heterocycles. The molecule has 3 nitrogen and oxygen atoms in total. The Hall–Kier alpha value is -1.74. The van der Waals surface area contributed by atoms with E-state index in [1.54, 1.807) is 22.5 Å². The van der Waals surface area contributed by atoms with Gasteiger partial charge in [-0.05, 0) is 75.6 Å². The molecule has 2 heterocycles. The van der Waals surface area contributed by atoms with Crippen LogP contribution in [-0.4, -0.2) is 42.5 Å². The van der Waals surface area contributed by atoms with Gasteiger partial charge in [0.05, 0.1) is 0 Å². The quantitative estimate of drug-likeness (QED) is 0.581. The van der Waals surface area contributed by atoms with Gasteiger partial charge in [-0.3, -0.25) is 0 Å². The van der Waals surface area contributed by atoms with E-state index in [4.69, 9.17) is 5.73 Å². The molecule has 4 rings (SSSR count). The first-order chi connectivity index (χ1) is 14.4. The van der Waals surface area contributed by atoms with Crippen molar-refractivity contribution in [3.63, 3.8) is 0 Å². The van der Waals surface area contributed by atoms with Gasteiger partial charge in [-0.25, -0.2) is 0 Å². The summed E-state index contributed by atoms with van der Waals surface area (Å²) in [5.74, 6) is 2.42. The van der Waals surface area contributed by atoms with Crippen LogP contribution in [-0.2, 0) is 0 Å². The van der Waals surface area contributed by atoms with Gasteiger partial charge in [-0.15, -0.1) is 0 Å². The Kier molecular flexibility index (Phi) is 11.9. The number of nitrogens with two attached hydrogens (primary N) is 1. The molecule has 2 N–H and O–H groups in total. The zero-order valence-electron chi connectivity index (χ0n) is 21.0. The number of benzene rings is 1. The van der Waals surface area contributed by atoms with Gasteiger partial charge < -0.3 is 15.5 Å². The first-order valence-electron chi connectivity index (χ1n) is 12.0. The zero-order chi connectivity index (χ0) is 22.7. The fraction of sp³-hybridized carbons (Fsp3) is 0.630. The van der Waals surface area contributed by atoms with Gasteiger partial charge in [-0.1, -0.05) is 63.6 Å². The van der Waals surface area contributed by atoms with Gasteiger partial charge in [-0.2, -0.15) is 0 Å². The van der Waals surface area contributed by atoms with E-state index in [1.165, 1.54) is 44.3 Å². The molecule has 1 saturated carbocycles. The van der Waals surface area contributed by atoms with Crippen LogP contribution in [0, 0.1) is 12.8 Å². The van der Waals surface area contributed by atoms with Crippen LogP contribution in [0.15, 0.2) is 52.9 Å². The largest absolute Gasteiger partial charge is 0.358 e. The highest BCUT2D eigenvalue weighted by Gasteiger charge is 2.35. The number of hydrogen-bond acceptors (Lipinski definition) is 3. The van der Waals surface area contributed by atoms with Crippen molar-refractivity contribution < 1.29 is 0 Å². The molecule has 30 heavy (non-hydrogen) atoms. The molecule has 1 aliphatic carbocycles. The summed E-state index contributed by atoms with van der Waals surface area (Å²) in [6, 6.07) is 10.8. The minimum Gasteiger partial charge on any atom is -0.358 e. The Morgan fingerprint density at radius 3 is 2.03 bits per heavy atom. The van der Waals surface area contributed by atoms with Gasteiger partial charge in [0.1, 0.15) is 5.82 Å². The summed E-state index contributed by atoms with van der Waals surface area (Å²) < 4.78 is 0. The van der Waals surface area contributed by atoms with Crippen LogP contribution in [0.3, 0.4) is 0 Å². The van der Waals surface area contributed by atoms with Crippen molar-refractivity contribution >= 4 is 0 Å². The van der Waals surface area contributed by atoms with Crippen LogP contribution in [0.5, 0.6) is 0 Å². The van der Waals surface area contributed by atoms with Crippen molar-refractivity contribution in [2.75, 3.05) is 26.7 Å². The van der Waals surface area contributed by atoms with Crippen LogP contribution < -0.4 is 5.73 Å². The third-order valence-corrected chi connectivity index (χ3v) is 6.17. The Balaban J connectivity index is 0.000000312. The van der Waals surface area contributed by atoms with Crippen molar-refractivity contribution in [1.82, 2.24) is 9.80 Å². The number of aryl methyl sites for hydroxylation is 1. The second kappa shape index (κ2) is 13.5. The van der Waals surface area contributed by atoms with E-state index >= 15 is 0 Å². The summed E-state index contributed by atoms with van der Waals surface area (Å²) in [5.41, 5.74) is 11.1. The summed E-state index contributed by atoms with van der Waals surface area (Å²) >= 11 is 0. The van der Waals surface area contributed by atoms with Gasteiger partial charge in [0, 0.05) is 26.2 Å². The highest BCUT2D eigenvalue weighted by atomic mass is 15.3. The second-order valence-electron chi connectivity index (χ2n) is 8.51. The molecule has 3 aliphatic rings. The van der Waals surface area contributed by atoms with Crippen molar-refractivity contribution in [2.45, 2.75) is 80.2 Å². The second-order valence-corrected chi connectivity index (χ2v) is 8.51. The minimum absolute atomic E-state index is 0.577. The van der Waals surface area contributed by atoms with Crippen molar-refractivity contribution in [3.05, 3.63) is 58.4 Å². The summed E-state index contributed by atoms with van der Waals surface area (Å²) in [6.07, 6.45) is 5.32. The number of rotatable bonds is 1. The molecule has 3 heteroatoms. The summed E-state index contributed by atoms with van der Waals surface area (Å²) in [6.45, 7) is 18.3. The topological polar surface area (TPSA) is 32.5 Å². The van der Waals surface area contributed by atoms with Crippen molar-refractivity contribution in [2.24, 2.45) is 11.7 Å². The molecule has 2 unspecified atom stereocenters. The number of allylic oxidation sites excluding steroid dienone is 2. The Labute approximate surface area is 187 Å². The lowest BCUT2D eigenvalue weighted by Crippen LogP contribution is -2.41. The molecule has 170 valence electrons. The first-order valence-corrected chi connectivity index (χ1v) is 12.0. The fourth-order valence-corrected chi connectivity index (χ4v) is 4.44. The fourth-order valence-electron chi connectivity index (χ4n) is 4.44. The van der Waals surface area contributed by atoms with E-state index in [0.717, 1.165) is 12.5 Å². The molecule has 0 radical (unpaired) electrons. The number of fused-ring (bicyclic) bond motifs is 1. The normalized spacial score (nSPS) is 22.4. The highest BCUT2D eigenvalue weighted by molar-refractivity contribution is 5.46. The highest BCUT2D eigenvalue weighted by Crippen LogP contribution is 2.43. The van der Waals surface area contributed by atoms with Crippen LogP contribution >= 0.6 is 0 Å². The molecule has 1 aromatic rings. The lowest BCUT2D eigenvalue weighted by atomic mass is 9.93. The zero-order valence-corrected chi connectivity index (χ0v) is 21.0. The number of likely N-dealkylation sites (N-methyl/N-ethyl adjacent to an activating group) is 1. The van der Waals surface area contributed by atoms with E-state index in [2.05, 4.69) is 56.7 Å². The van der Waals surface area contributed by atoms with Crippen molar-refractivity contribution in [3.8, 4) is 0 Å². The van der Waals surface area contributed by atoms with Crippen LogP contribution in [0.4, 0.5) is 0 Å². The van der Waals surface area contributed by atoms with Crippen LogP contribution in [0.1, 0.15) is 72.8 Å². The maximum absolute atomic E-state index is 4.85. The maximum atomic E-state index is 4.85. The van der Waals surface area contributed by atoms with E-state index in [0.29, 0.717) is 6.04 Å². The molecule has 2 atom stereocenters. The molecular weight excluding hydrogens is 366 g/mol. The van der Waals surface area contributed by atoms with E-state index in [-0.39, 0.29) is 0 Å². The smallest absolute Gasteiger partial charge is 0.108 e. The number of hydrogen-bond donors (Lipinski definition) is 1. The lowest BCUT2D eigenvalue weighted by molar-refractivity contribution is 0.227. The molecule has 2 aliphatic heterocycles. The summed E-state index contributed by atoms with van der Waals surface area (Å²) in [4.78, 5) is 5.17. The standard InChI is InChI=1S/C16H26N2.C7H8.C2H7N.C2H6/c1-11-8-9-18(10-11)16-15-7-5-6-14(15)12(2)13(3)17(16)4;1-7-5-3-2-4-6-7;1-2-3;1-2/h11,13H,5-10H2,1-4H3;2-6H,1H3;2-3H2,1H3;1-2H3. The number of likely N-dealkylation sites (tertiary alicyclic amines) is 1. The monoisotopic (exact) mass is 413 g/mol. The number of nitrogens with zero attached hydrogens (tertiary/aromatic N) is 2. The maximum Gasteiger partial charge on any atom is 0.108 e. The Morgan fingerprint density at radius 2 is 1.57 bits per heavy atom. The van der Waals surface area contributed by atoms with E-state index < -0.39 is 0 Å². The predicted octanol–water partition coefficient (Wildman–Crippen LogP) is 6.36.